The lowest BCUT2D eigenvalue weighted by Crippen LogP contribution is -2.23. The number of anilines is 1. The summed E-state index contributed by atoms with van der Waals surface area (Å²) in [5.41, 5.74) is 2.12. The van der Waals surface area contributed by atoms with Crippen molar-refractivity contribution in [1.29, 1.82) is 5.26 Å². The average molecular weight is 426 g/mol. The number of rotatable bonds is 8. The number of carbonyl (C=O) groups is 3. The Kier molecular flexibility index (Phi) is 7.20. The molecule has 1 aromatic carbocycles. The fourth-order valence-electron chi connectivity index (χ4n) is 3.21. The summed E-state index contributed by atoms with van der Waals surface area (Å²) in [5, 5.41) is 12.6. The zero-order valence-corrected chi connectivity index (χ0v) is 17.5. The molecule has 30 heavy (non-hydrogen) atoms. The topological polar surface area (TPSA) is 105 Å². The molecule has 0 bridgehead atoms. The molecule has 0 atom stereocenters. The number of nitrogens with zero attached hydrogens (tertiary/aromatic N) is 1. The first-order valence-corrected chi connectivity index (χ1v) is 10.6. The Morgan fingerprint density at radius 2 is 1.87 bits per heavy atom. The fraction of sp³-hybridized carbons (Fsp3) is 0.364. The first kappa shape index (κ1) is 21.5. The number of thiophene rings is 1. The minimum atomic E-state index is -0.690. The molecule has 0 saturated carbocycles. The highest BCUT2D eigenvalue weighted by molar-refractivity contribution is 7.16. The molecule has 156 valence electrons. The van der Waals surface area contributed by atoms with Crippen LogP contribution in [0.1, 0.15) is 52.5 Å². The van der Waals surface area contributed by atoms with Crippen LogP contribution >= 0.6 is 11.3 Å². The van der Waals surface area contributed by atoms with Crippen molar-refractivity contribution in [2.45, 2.75) is 39.0 Å². The van der Waals surface area contributed by atoms with Gasteiger partial charge in [-0.1, -0.05) is 6.92 Å². The van der Waals surface area contributed by atoms with Crippen molar-refractivity contribution in [3.8, 4) is 11.8 Å². The molecule has 0 fully saturated rings. The maximum absolute atomic E-state index is 12.1. The molecule has 1 heterocycles. The summed E-state index contributed by atoms with van der Waals surface area (Å²) in [5.74, 6) is -0.740. The van der Waals surface area contributed by atoms with E-state index in [-0.39, 0.29) is 12.4 Å². The molecule has 1 amide bonds. The molecule has 2 aromatic rings. The molecule has 0 radical (unpaired) electrons. The summed E-state index contributed by atoms with van der Waals surface area (Å²) in [7, 11) is 0. The Morgan fingerprint density at radius 3 is 2.57 bits per heavy atom. The van der Waals surface area contributed by atoms with Gasteiger partial charge in [0.05, 0.1) is 5.56 Å². The van der Waals surface area contributed by atoms with Crippen LogP contribution in [0.5, 0.6) is 5.75 Å². The Hall–Kier alpha value is -3.18. The average Bonchev–Trinajstić information content (AvgIpc) is 3.12. The Labute approximate surface area is 178 Å². The van der Waals surface area contributed by atoms with Crippen molar-refractivity contribution in [2.24, 2.45) is 0 Å². The van der Waals surface area contributed by atoms with Gasteiger partial charge in [-0.2, -0.15) is 5.26 Å². The summed E-state index contributed by atoms with van der Waals surface area (Å²) in [6, 6.07) is 8.64. The minimum absolute atomic E-state index is 0.0260. The maximum atomic E-state index is 12.1. The lowest BCUT2D eigenvalue weighted by atomic mass is 9.96. The highest BCUT2D eigenvalue weighted by Crippen LogP contribution is 2.37. The van der Waals surface area contributed by atoms with Gasteiger partial charge >= 0.3 is 5.97 Å². The van der Waals surface area contributed by atoms with Gasteiger partial charge in [0.1, 0.15) is 16.8 Å². The molecule has 1 aromatic heterocycles. The van der Waals surface area contributed by atoms with Crippen LogP contribution in [-0.4, -0.2) is 30.9 Å². The molecule has 3 rings (SSSR count). The van der Waals surface area contributed by atoms with Gasteiger partial charge in [-0.15, -0.1) is 11.3 Å². The fourth-order valence-corrected chi connectivity index (χ4v) is 4.46. The van der Waals surface area contributed by atoms with Gasteiger partial charge in [-0.05, 0) is 55.5 Å². The molecule has 0 saturated heterocycles. The number of nitriles is 1. The minimum Gasteiger partial charge on any atom is -0.482 e. The summed E-state index contributed by atoms with van der Waals surface area (Å²) >= 11 is 1.42. The van der Waals surface area contributed by atoms with E-state index in [9.17, 15) is 19.6 Å². The quantitative estimate of drug-likeness (QED) is 0.510. The largest absolute Gasteiger partial charge is 0.482 e. The number of carbonyl (C=O) groups excluding carboxylic acids is 3. The molecule has 7 nitrogen and oxygen atoms in total. The standard InChI is InChI=1S/C22H22N2O5S/c1-2-18(25)14-7-9-15(10-8-14)28-13-21(27)29-12-20(26)24-22-17(11-23)16-5-3-4-6-19(16)30-22/h7-10H,2-6,12-13H2,1H3,(H,24,26). The smallest absolute Gasteiger partial charge is 0.344 e. The summed E-state index contributed by atoms with van der Waals surface area (Å²) in [6.07, 6.45) is 4.32. The van der Waals surface area contributed by atoms with Crippen LogP contribution in [0.25, 0.3) is 0 Å². The molecule has 0 aliphatic heterocycles. The highest BCUT2D eigenvalue weighted by atomic mass is 32.1. The van der Waals surface area contributed by atoms with Crippen LogP contribution in [0, 0.1) is 11.3 Å². The molecular weight excluding hydrogens is 404 g/mol. The first-order chi connectivity index (χ1) is 14.5. The van der Waals surface area contributed by atoms with Gasteiger partial charge < -0.3 is 14.8 Å². The third-order valence-electron chi connectivity index (χ3n) is 4.75. The lowest BCUT2D eigenvalue weighted by molar-refractivity contribution is -0.149. The van der Waals surface area contributed by atoms with Gasteiger partial charge in [0.25, 0.3) is 5.91 Å². The van der Waals surface area contributed by atoms with Gasteiger partial charge in [0.15, 0.2) is 19.0 Å². The number of hydrogen-bond acceptors (Lipinski definition) is 7. The molecule has 1 aliphatic carbocycles. The van der Waals surface area contributed by atoms with Crippen molar-refractivity contribution in [2.75, 3.05) is 18.5 Å². The van der Waals surface area contributed by atoms with Gasteiger partial charge in [-0.3, -0.25) is 9.59 Å². The summed E-state index contributed by atoms with van der Waals surface area (Å²) in [4.78, 5) is 36.7. The third-order valence-corrected chi connectivity index (χ3v) is 5.96. The van der Waals surface area contributed by atoms with Crippen molar-refractivity contribution in [1.82, 2.24) is 0 Å². The van der Waals surface area contributed by atoms with E-state index >= 15 is 0 Å². The number of amides is 1. The molecule has 8 heteroatoms. The van der Waals surface area contributed by atoms with Crippen LogP contribution in [0.2, 0.25) is 0 Å². The number of ketones is 1. The zero-order valence-electron chi connectivity index (χ0n) is 16.7. The number of Topliss-reactive ketones (excluding diaryl/α,β-unsaturated/α-hetero) is 1. The van der Waals surface area contributed by atoms with Crippen molar-refractivity contribution >= 4 is 34.0 Å². The second-order valence-corrected chi connectivity index (χ2v) is 7.93. The third kappa shape index (κ3) is 5.24. The summed E-state index contributed by atoms with van der Waals surface area (Å²) in [6.45, 7) is 0.970. The van der Waals surface area contributed by atoms with E-state index in [4.69, 9.17) is 9.47 Å². The van der Waals surface area contributed by atoms with Crippen molar-refractivity contribution < 1.29 is 23.9 Å². The molecule has 0 unspecified atom stereocenters. The molecular formula is C22H22N2O5S. The predicted octanol–water partition coefficient (Wildman–Crippen LogP) is 3.65. The number of hydrogen-bond donors (Lipinski definition) is 1. The number of esters is 1. The van der Waals surface area contributed by atoms with Crippen LogP contribution in [-0.2, 0) is 27.2 Å². The number of benzene rings is 1. The second-order valence-electron chi connectivity index (χ2n) is 6.83. The van der Waals surface area contributed by atoms with E-state index < -0.39 is 18.5 Å². The van der Waals surface area contributed by atoms with Crippen molar-refractivity contribution in [3.05, 3.63) is 45.8 Å². The Bertz CT molecular complexity index is 988. The number of aryl methyl sites for hydroxylation is 1. The Morgan fingerprint density at radius 1 is 1.13 bits per heavy atom. The lowest BCUT2D eigenvalue weighted by Gasteiger charge is -2.09. The molecule has 1 aliphatic rings. The second kappa shape index (κ2) is 10.0. The van der Waals surface area contributed by atoms with Crippen molar-refractivity contribution in [3.63, 3.8) is 0 Å². The number of fused-ring (bicyclic) bond motifs is 1. The van der Waals surface area contributed by atoms with E-state index in [1.54, 1.807) is 31.2 Å². The maximum Gasteiger partial charge on any atom is 0.344 e. The van der Waals surface area contributed by atoms with Gasteiger partial charge in [0, 0.05) is 16.9 Å². The van der Waals surface area contributed by atoms with Gasteiger partial charge in [-0.25, -0.2) is 4.79 Å². The molecule has 0 spiro atoms. The van der Waals surface area contributed by atoms with Crippen LogP contribution in [0.3, 0.4) is 0 Å². The van der Waals surface area contributed by atoms with Crippen LogP contribution in [0.15, 0.2) is 24.3 Å². The SMILES string of the molecule is CCC(=O)c1ccc(OCC(=O)OCC(=O)Nc2sc3c(c2C#N)CCCC3)cc1. The van der Waals surface area contributed by atoms with E-state index in [2.05, 4.69) is 11.4 Å². The molecule has 1 N–H and O–H groups in total. The van der Waals surface area contributed by atoms with Gasteiger partial charge in [0.2, 0.25) is 0 Å². The zero-order chi connectivity index (χ0) is 21.5. The van der Waals surface area contributed by atoms with E-state index in [0.717, 1.165) is 36.1 Å². The van der Waals surface area contributed by atoms with Crippen LogP contribution in [0.4, 0.5) is 5.00 Å². The van der Waals surface area contributed by atoms with E-state index in [0.29, 0.717) is 28.3 Å². The normalized spacial score (nSPS) is 12.4. The number of ether oxygens (including phenoxy) is 2. The summed E-state index contributed by atoms with van der Waals surface area (Å²) < 4.78 is 10.3. The first-order valence-electron chi connectivity index (χ1n) is 9.78. The van der Waals surface area contributed by atoms with Crippen LogP contribution < -0.4 is 10.1 Å². The number of nitrogens with one attached hydrogen (secondary N) is 1. The highest BCUT2D eigenvalue weighted by Gasteiger charge is 2.22. The predicted molar refractivity (Wildman–Crippen MR) is 112 cm³/mol. The Balaban J connectivity index is 1.46. The van der Waals surface area contributed by atoms with E-state index in [1.165, 1.54) is 11.3 Å². The monoisotopic (exact) mass is 426 g/mol. The van der Waals surface area contributed by atoms with E-state index in [1.807, 2.05) is 0 Å².